The van der Waals surface area contributed by atoms with Crippen molar-refractivity contribution in [2.75, 3.05) is 6.61 Å². The summed E-state index contributed by atoms with van der Waals surface area (Å²) in [6, 6.07) is 1.94. The van der Waals surface area contributed by atoms with Crippen molar-refractivity contribution in [3.63, 3.8) is 0 Å². The first-order valence-electron chi connectivity index (χ1n) is 5.46. The molecule has 0 fully saturated rings. The van der Waals surface area contributed by atoms with Crippen molar-refractivity contribution in [2.45, 2.75) is 47.0 Å². The molecule has 3 heteroatoms. The molecule has 0 aromatic heterocycles. The number of hydrogen-bond acceptors (Lipinski definition) is 3. The second-order valence-corrected chi connectivity index (χ2v) is 4.70. The third kappa shape index (κ3) is 6.11. The molecule has 0 bridgehead atoms. The average Bonchev–Trinajstić information content (AvgIpc) is 2.17. The molecule has 15 heavy (non-hydrogen) atoms. The van der Waals surface area contributed by atoms with Crippen molar-refractivity contribution in [2.24, 2.45) is 11.3 Å². The highest BCUT2D eigenvalue weighted by molar-refractivity contribution is 5.72. The largest absolute Gasteiger partial charge is 0.464 e. The Bertz CT molecular complexity index is 240. The molecule has 0 N–H and O–H groups in total. The molecule has 0 rings (SSSR count). The average molecular weight is 211 g/mol. The van der Waals surface area contributed by atoms with E-state index in [-0.39, 0.29) is 30.3 Å². The third-order valence-electron chi connectivity index (χ3n) is 2.68. The first-order valence-corrected chi connectivity index (χ1v) is 5.46. The lowest BCUT2D eigenvalue weighted by Gasteiger charge is -2.25. The number of rotatable bonds is 6. The molecule has 1 atom stereocenters. The topological polar surface area (TPSA) is 50.1 Å². The van der Waals surface area contributed by atoms with Gasteiger partial charge >= 0.3 is 5.97 Å². The fourth-order valence-corrected chi connectivity index (χ4v) is 1.40. The predicted octanol–water partition coefficient (Wildman–Crippen LogP) is 2.91. The minimum absolute atomic E-state index is 0.0846. The number of carbonyl (C=O) groups excluding carboxylic acids is 1. The Morgan fingerprint density at radius 1 is 1.53 bits per heavy atom. The van der Waals surface area contributed by atoms with Crippen molar-refractivity contribution < 1.29 is 9.53 Å². The van der Waals surface area contributed by atoms with Crippen LogP contribution in [-0.4, -0.2) is 12.6 Å². The summed E-state index contributed by atoms with van der Waals surface area (Å²) in [5.41, 5.74) is 0.174. The van der Waals surface area contributed by atoms with Gasteiger partial charge in [-0.25, -0.2) is 0 Å². The molecular formula is C12H21NO2. The molecule has 0 spiro atoms. The lowest BCUT2D eigenvalue weighted by Crippen LogP contribution is -2.22. The van der Waals surface area contributed by atoms with Gasteiger partial charge in [0.05, 0.1) is 18.4 Å². The summed E-state index contributed by atoms with van der Waals surface area (Å²) in [6.07, 6.45) is 2.15. The second kappa shape index (κ2) is 6.44. The van der Waals surface area contributed by atoms with E-state index in [2.05, 4.69) is 20.8 Å². The zero-order valence-corrected chi connectivity index (χ0v) is 10.2. The fourth-order valence-electron chi connectivity index (χ4n) is 1.40. The van der Waals surface area contributed by atoms with E-state index in [1.54, 1.807) is 0 Å². The molecule has 0 saturated heterocycles. The summed E-state index contributed by atoms with van der Waals surface area (Å²) in [6.45, 7) is 8.50. The van der Waals surface area contributed by atoms with Crippen LogP contribution in [0.25, 0.3) is 0 Å². The van der Waals surface area contributed by atoms with Crippen LogP contribution in [0.15, 0.2) is 0 Å². The molecule has 86 valence electrons. The lowest BCUT2D eigenvalue weighted by molar-refractivity contribution is -0.148. The third-order valence-corrected chi connectivity index (χ3v) is 2.68. The maximum Gasteiger partial charge on any atom is 0.308 e. The van der Waals surface area contributed by atoms with E-state index >= 15 is 0 Å². The van der Waals surface area contributed by atoms with Gasteiger partial charge in [-0.15, -0.1) is 0 Å². The monoisotopic (exact) mass is 211 g/mol. The summed E-state index contributed by atoms with van der Waals surface area (Å²) >= 11 is 0. The first-order chi connectivity index (χ1) is 6.93. The minimum Gasteiger partial charge on any atom is -0.464 e. The Kier molecular flexibility index (Phi) is 6.00. The normalized spacial score (nSPS) is 13.0. The van der Waals surface area contributed by atoms with Crippen LogP contribution in [-0.2, 0) is 9.53 Å². The van der Waals surface area contributed by atoms with Crippen molar-refractivity contribution >= 4 is 5.97 Å². The van der Waals surface area contributed by atoms with Crippen LogP contribution < -0.4 is 0 Å². The van der Waals surface area contributed by atoms with Gasteiger partial charge in [-0.05, 0) is 11.8 Å². The van der Waals surface area contributed by atoms with Gasteiger partial charge in [0.2, 0.25) is 0 Å². The van der Waals surface area contributed by atoms with Crippen LogP contribution in [0.3, 0.4) is 0 Å². The summed E-state index contributed by atoms with van der Waals surface area (Å²) in [5.74, 6) is -0.273. The Balaban J connectivity index is 3.95. The van der Waals surface area contributed by atoms with E-state index in [0.717, 1.165) is 12.8 Å². The molecule has 0 aliphatic carbocycles. The van der Waals surface area contributed by atoms with Crippen molar-refractivity contribution in [1.82, 2.24) is 0 Å². The molecule has 0 aromatic rings. The van der Waals surface area contributed by atoms with Gasteiger partial charge in [0.15, 0.2) is 0 Å². The molecule has 0 radical (unpaired) electrons. The molecule has 1 unspecified atom stereocenters. The number of nitrogens with zero attached hydrogens (tertiary/aromatic N) is 1. The van der Waals surface area contributed by atoms with Crippen LogP contribution in [0.1, 0.15) is 47.0 Å². The molecule has 0 aliphatic heterocycles. The number of nitriles is 1. The maximum absolute atomic E-state index is 11.5. The van der Waals surface area contributed by atoms with Gasteiger partial charge in [0, 0.05) is 0 Å². The number of ether oxygens (including phenoxy) is 1. The Hall–Kier alpha value is -1.04. The second-order valence-electron chi connectivity index (χ2n) is 4.70. The van der Waals surface area contributed by atoms with Gasteiger partial charge in [0.25, 0.3) is 0 Å². The van der Waals surface area contributed by atoms with Crippen LogP contribution in [0.2, 0.25) is 0 Å². The lowest BCUT2D eigenvalue weighted by atomic mass is 9.81. The summed E-state index contributed by atoms with van der Waals surface area (Å²) in [7, 11) is 0. The van der Waals surface area contributed by atoms with Gasteiger partial charge < -0.3 is 4.74 Å². The molecule has 0 aliphatic rings. The zero-order chi connectivity index (χ0) is 11.9. The summed E-state index contributed by atoms with van der Waals surface area (Å²) < 4.78 is 4.97. The van der Waals surface area contributed by atoms with Crippen molar-refractivity contribution in [1.29, 1.82) is 5.26 Å². The molecule has 0 heterocycles. The number of hydrogen-bond donors (Lipinski definition) is 0. The van der Waals surface area contributed by atoms with Gasteiger partial charge in [-0.1, -0.05) is 34.1 Å². The first kappa shape index (κ1) is 14.0. The van der Waals surface area contributed by atoms with Crippen molar-refractivity contribution in [3.8, 4) is 6.07 Å². The molecule has 0 saturated carbocycles. The van der Waals surface area contributed by atoms with Gasteiger partial charge in [-0.2, -0.15) is 5.26 Å². The van der Waals surface area contributed by atoms with E-state index in [9.17, 15) is 4.79 Å². The highest BCUT2D eigenvalue weighted by Crippen LogP contribution is 2.29. The molecule has 0 aromatic carbocycles. The fraction of sp³-hybridized carbons (Fsp3) is 0.833. The Morgan fingerprint density at radius 3 is 2.60 bits per heavy atom. The Morgan fingerprint density at radius 2 is 2.13 bits per heavy atom. The maximum atomic E-state index is 11.5. The number of carbonyl (C=O) groups is 1. The Labute approximate surface area is 92.4 Å². The quantitative estimate of drug-likeness (QED) is 0.501. The zero-order valence-electron chi connectivity index (χ0n) is 10.2. The van der Waals surface area contributed by atoms with E-state index in [0.29, 0.717) is 0 Å². The standard InChI is InChI=1S/C12H21NO2/c1-5-12(3,4)9-10(2)11(14)15-8-6-7-13/h10H,5-6,8-9H2,1-4H3. The van der Waals surface area contributed by atoms with Gasteiger partial charge in [-0.3, -0.25) is 4.79 Å². The minimum atomic E-state index is -0.188. The predicted molar refractivity (Wildman–Crippen MR) is 59.0 cm³/mol. The smallest absolute Gasteiger partial charge is 0.308 e. The molecule has 3 nitrogen and oxygen atoms in total. The molecule has 0 amide bonds. The highest BCUT2D eigenvalue weighted by Gasteiger charge is 2.24. The van der Waals surface area contributed by atoms with Crippen molar-refractivity contribution in [3.05, 3.63) is 0 Å². The summed E-state index contributed by atoms with van der Waals surface area (Å²) in [4.78, 5) is 11.5. The van der Waals surface area contributed by atoms with E-state index in [1.807, 2.05) is 13.0 Å². The van der Waals surface area contributed by atoms with Crippen LogP contribution in [0.4, 0.5) is 0 Å². The summed E-state index contributed by atoms with van der Waals surface area (Å²) in [5, 5.41) is 8.30. The van der Waals surface area contributed by atoms with Gasteiger partial charge in [0.1, 0.15) is 6.61 Å². The van der Waals surface area contributed by atoms with E-state index in [4.69, 9.17) is 10.00 Å². The SMILES string of the molecule is CCC(C)(C)CC(C)C(=O)OCCC#N. The highest BCUT2D eigenvalue weighted by atomic mass is 16.5. The van der Waals surface area contributed by atoms with E-state index < -0.39 is 0 Å². The van der Waals surface area contributed by atoms with Crippen LogP contribution >= 0.6 is 0 Å². The van der Waals surface area contributed by atoms with Crippen LogP contribution in [0.5, 0.6) is 0 Å². The molecular weight excluding hydrogens is 190 g/mol. The van der Waals surface area contributed by atoms with Crippen LogP contribution in [0, 0.1) is 22.7 Å². The van der Waals surface area contributed by atoms with E-state index in [1.165, 1.54) is 0 Å². The number of esters is 1.